The Morgan fingerprint density at radius 2 is 2.19 bits per heavy atom. The van der Waals surface area contributed by atoms with Gasteiger partial charge in [0.25, 0.3) is 10.0 Å². The van der Waals surface area contributed by atoms with Gasteiger partial charge in [0.1, 0.15) is 5.82 Å². The van der Waals surface area contributed by atoms with Crippen molar-refractivity contribution in [1.82, 2.24) is 19.2 Å². The van der Waals surface area contributed by atoms with Gasteiger partial charge in [-0.1, -0.05) is 0 Å². The molecule has 21 heavy (non-hydrogen) atoms. The highest BCUT2D eigenvalue weighted by Crippen LogP contribution is 2.33. The van der Waals surface area contributed by atoms with E-state index in [0.29, 0.717) is 12.5 Å². The molecule has 2 heterocycles. The van der Waals surface area contributed by atoms with Crippen LogP contribution in [0, 0.1) is 12.8 Å². The Hall–Kier alpha value is -0.920. The Morgan fingerprint density at radius 1 is 1.43 bits per heavy atom. The van der Waals surface area contributed by atoms with Crippen LogP contribution in [0.4, 0.5) is 0 Å². The summed E-state index contributed by atoms with van der Waals surface area (Å²) >= 11 is 0. The molecule has 1 aliphatic heterocycles. The van der Waals surface area contributed by atoms with Crippen molar-refractivity contribution in [3.05, 3.63) is 12.0 Å². The van der Waals surface area contributed by atoms with Crippen LogP contribution in [-0.2, 0) is 17.1 Å². The molecule has 0 amide bonds. The van der Waals surface area contributed by atoms with Gasteiger partial charge in [-0.05, 0) is 51.6 Å². The molecule has 7 heteroatoms. The van der Waals surface area contributed by atoms with Crippen molar-refractivity contribution >= 4 is 10.0 Å². The summed E-state index contributed by atoms with van der Waals surface area (Å²) in [6.45, 7) is 4.41. The van der Waals surface area contributed by atoms with E-state index in [0.717, 1.165) is 44.6 Å². The standard InChI is InChI=1S/C14H24N4O2S/c1-11-16-14(10-17(11)2)21(19,20)18(13-5-6-13)9-12-4-3-7-15-8-12/h10,12-13,15H,3-9H2,1-2H3. The Balaban J connectivity index is 1.82. The van der Waals surface area contributed by atoms with Gasteiger partial charge in [-0.3, -0.25) is 0 Å². The monoisotopic (exact) mass is 312 g/mol. The van der Waals surface area contributed by atoms with Crippen molar-refractivity contribution in [2.75, 3.05) is 19.6 Å². The lowest BCUT2D eigenvalue weighted by Crippen LogP contribution is -2.42. The summed E-state index contributed by atoms with van der Waals surface area (Å²) < 4.78 is 29.2. The van der Waals surface area contributed by atoms with Crippen molar-refractivity contribution in [2.24, 2.45) is 13.0 Å². The topological polar surface area (TPSA) is 67.2 Å². The van der Waals surface area contributed by atoms with Gasteiger partial charge in [0.05, 0.1) is 0 Å². The highest BCUT2D eigenvalue weighted by Gasteiger charge is 2.40. The van der Waals surface area contributed by atoms with Gasteiger partial charge in [-0.2, -0.15) is 4.31 Å². The van der Waals surface area contributed by atoms with Gasteiger partial charge < -0.3 is 9.88 Å². The lowest BCUT2D eigenvalue weighted by Gasteiger charge is -2.29. The molecule has 1 saturated heterocycles. The normalized spacial score (nSPS) is 23.7. The molecule has 1 aromatic rings. The smallest absolute Gasteiger partial charge is 0.262 e. The van der Waals surface area contributed by atoms with E-state index in [9.17, 15) is 8.42 Å². The van der Waals surface area contributed by atoms with Crippen molar-refractivity contribution in [3.8, 4) is 0 Å². The van der Waals surface area contributed by atoms with Gasteiger partial charge in [0.2, 0.25) is 0 Å². The Bertz CT molecular complexity index is 581. The minimum Gasteiger partial charge on any atom is -0.337 e. The van der Waals surface area contributed by atoms with E-state index in [4.69, 9.17) is 0 Å². The van der Waals surface area contributed by atoms with E-state index < -0.39 is 10.0 Å². The molecule has 1 aliphatic carbocycles. The molecule has 3 rings (SSSR count). The third-order valence-electron chi connectivity index (χ3n) is 4.45. The summed E-state index contributed by atoms with van der Waals surface area (Å²) in [6.07, 6.45) is 5.81. The molecule has 0 bridgehead atoms. The second-order valence-corrected chi connectivity index (χ2v) is 8.09. The number of rotatable bonds is 5. The number of hydrogen-bond donors (Lipinski definition) is 1. The molecule has 118 valence electrons. The van der Waals surface area contributed by atoms with Crippen LogP contribution >= 0.6 is 0 Å². The summed E-state index contributed by atoms with van der Waals surface area (Å²) in [7, 11) is -1.64. The quantitative estimate of drug-likeness (QED) is 0.876. The maximum atomic E-state index is 12.9. The first-order valence-electron chi connectivity index (χ1n) is 7.71. The zero-order valence-corrected chi connectivity index (χ0v) is 13.6. The number of nitrogens with zero attached hydrogens (tertiary/aromatic N) is 3. The van der Waals surface area contributed by atoms with E-state index in [1.54, 1.807) is 15.1 Å². The number of piperidine rings is 1. The molecular formula is C14H24N4O2S. The van der Waals surface area contributed by atoms with Gasteiger partial charge in [0.15, 0.2) is 5.03 Å². The highest BCUT2D eigenvalue weighted by molar-refractivity contribution is 7.89. The van der Waals surface area contributed by atoms with Crippen LogP contribution in [0.25, 0.3) is 0 Å². The van der Waals surface area contributed by atoms with Crippen molar-refractivity contribution in [2.45, 2.75) is 43.7 Å². The van der Waals surface area contributed by atoms with Crippen LogP contribution in [0.5, 0.6) is 0 Å². The average Bonchev–Trinajstić information content (AvgIpc) is 3.23. The minimum atomic E-state index is -3.47. The SMILES string of the molecule is Cc1nc(S(=O)(=O)N(CC2CCCNC2)C2CC2)cn1C. The first-order valence-corrected chi connectivity index (χ1v) is 9.15. The predicted molar refractivity (Wildman–Crippen MR) is 80.5 cm³/mol. The lowest BCUT2D eigenvalue weighted by atomic mass is 10.00. The van der Waals surface area contributed by atoms with E-state index in [1.165, 1.54) is 0 Å². The van der Waals surface area contributed by atoms with E-state index in [1.807, 2.05) is 14.0 Å². The summed E-state index contributed by atoms with van der Waals surface area (Å²) in [5.74, 6) is 1.14. The first kappa shape index (κ1) is 15.0. The second-order valence-electron chi connectivity index (χ2n) is 6.26. The highest BCUT2D eigenvalue weighted by atomic mass is 32.2. The third-order valence-corrected chi connectivity index (χ3v) is 6.24. The van der Waals surface area contributed by atoms with Gasteiger partial charge >= 0.3 is 0 Å². The molecule has 1 N–H and O–H groups in total. The molecule has 1 unspecified atom stereocenters. The molecular weight excluding hydrogens is 288 g/mol. The van der Waals surface area contributed by atoms with E-state index in [2.05, 4.69) is 10.3 Å². The fourth-order valence-corrected chi connectivity index (χ4v) is 4.70. The van der Waals surface area contributed by atoms with Crippen LogP contribution in [-0.4, -0.2) is 48.0 Å². The molecule has 2 fully saturated rings. The molecule has 0 radical (unpaired) electrons. The van der Waals surface area contributed by atoms with Crippen LogP contribution in [0.2, 0.25) is 0 Å². The maximum absolute atomic E-state index is 12.9. The number of hydrogen-bond acceptors (Lipinski definition) is 4. The number of sulfonamides is 1. The van der Waals surface area contributed by atoms with Gasteiger partial charge in [-0.15, -0.1) is 0 Å². The van der Waals surface area contributed by atoms with Crippen molar-refractivity contribution in [1.29, 1.82) is 0 Å². The fraction of sp³-hybridized carbons (Fsp3) is 0.786. The Morgan fingerprint density at radius 3 is 2.71 bits per heavy atom. The van der Waals surface area contributed by atoms with Gasteiger partial charge in [-0.25, -0.2) is 13.4 Å². The molecule has 0 aromatic carbocycles. The predicted octanol–water partition coefficient (Wildman–Crippen LogP) is 0.881. The molecule has 1 aromatic heterocycles. The molecule has 2 aliphatic rings. The number of nitrogens with one attached hydrogen (secondary N) is 1. The minimum absolute atomic E-state index is 0.180. The molecule has 6 nitrogen and oxygen atoms in total. The number of aromatic nitrogens is 2. The molecule has 1 atom stereocenters. The fourth-order valence-electron chi connectivity index (χ4n) is 2.91. The van der Waals surface area contributed by atoms with E-state index >= 15 is 0 Å². The van der Waals surface area contributed by atoms with E-state index in [-0.39, 0.29) is 11.1 Å². The summed E-state index contributed by atoms with van der Waals surface area (Å²) in [6, 6.07) is 0.180. The maximum Gasteiger partial charge on any atom is 0.262 e. The van der Waals surface area contributed by atoms with Crippen LogP contribution in [0.15, 0.2) is 11.2 Å². The number of aryl methyl sites for hydroxylation is 2. The van der Waals surface area contributed by atoms with Crippen molar-refractivity contribution < 1.29 is 8.42 Å². The van der Waals surface area contributed by atoms with Crippen molar-refractivity contribution in [3.63, 3.8) is 0 Å². The third kappa shape index (κ3) is 3.14. The molecule has 0 spiro atoms. The lowest BCUT2D eigenvalue weighted by molar-refractivity contribution is 0.286. The zero-order valence-electron chi connectivity index (χ0n) is 12.7. The second kappa shape index (κ2) is 5.70. The van der Waals surface area contributed by atoms with Crippen LogP contribution in [0.1, 0.15) is 31.5 Å². The summed E-state index contributed by atoms with van der Waals surface area (Å²) in [5.41, 5.74) is 0. The zero-order chi connectivity index (χ0) is 15.0. The van der Waals surface area contributed by atoms with Crippen LogP contribution < -0.4 is 5.32 Å². The summed E-state index contributed by atoms with van der Waals surface area (Å²) in [5, 5.41) is 3.56. The van der Waals surface area contributed by atoms with Crippen LogP contribution in [0.3, 0.4) is 0 Å². The first-order chi connectivity index (χ1) is 9.98. The number of imidazole rings is 1. The van der Waals surface area contributed by atoms with Gasteiger partial charge in [0, 0.05) is 25.8 Å². The Labute approximate surface area is 126 Å². The molecule has 1 saturated carbocycles. The summed E-state index contributed by atoms with van der Waals surface area (Å²) in [4.78, 5) is 4.22. The average molecular weight is 312 g/mol. The Kier molecular flexibility index (Phi) is 4.07. The largest absolute Gasteiger partial charge is 0.337 e.